The summed E-state index contributed by atoms with van der Waals surface area (Å²) in [6.07, 6.45) is 5.59. The molecule has 2 fully saturated rings. The molecule has 0 saturated carbocycles. The number of piperidine rings is 1. The van der Waals surface area contributed by atoms with Crippen molar-refractivity contribution in [3.8, 4) is 0 Å². The Kier molecular flexibility index (Phi) is 5.64. The number of nitro benzene ring substituents is 1. The molecule has 2 aromatic carbocycles. The third-order valence-electron chi connectivity index (χ3n) is 5.73. The van der Waals surface area contributed by atoms with E-state index in [2.05, 4.69) is 10.2 Å². The van der Waals surface area contributed by atoms with E-state index in [1.54, 1.807) is 12.1 Å². The average Bonchev–Trinajstić information content (AvgIpc) is 3.29. The first-order valence-electron chi connectivity index (χ1n) is 10.3. The quantitative estimate of drug-likeness (QED) is 0.599. The Bertz CT molecular complexity index is 903. The van der Waals surface area contributed by atoms with Gasteiger partial charge in [0.05, 0.1) is 16.3 Å². The number of rotatable bonds is 5. The second-order valence-electron chi connectivity index (χ2n) is 7.67. The zero-order chi connectivity index (χ0) is 20.2. The van der Waals surface area contributed by atoms with Crippen LogP contribution < -0.4 is 15.1 Å². The fourth-order valence-electron chi connectivity index (χ4n) is 4.22. The lowest BCUT2D eigenvalue weighted by Gasteiger charge is -2.30. The molecule has 1 N–H and O–H groups in total. The van der Waals surface area contributed by atoms with E-state index in [9.17, 15) is 14.9 Å². The van der Waals surface area contributed by atoms with Gasteiger partial charge < -0.3 is 15.1 Å². The minimum atomic E-state index is -0.397. The molecular weight excluding hydrogens is 368 g/mol. The Morgan fingerprint density at radius 1 is 0.862 bits per heavy atom. The zero-order valence-corrected chi connectivity index (χ0v) is 16.5. The maximum absolute atomic E-state index is 12.9. The van der Waals surface area contributed by atoms with Crippen LogP contribution in [0.5, 0.6) is 0 Å². The molecule has 2 saturated heterocycles. The molecule has 29 heavy (non-hydrogen) atoms. The molecule has 0 bridgehead atoms. The number of anilines is 3. The van der Waals surface area contributed by atoms with Gasteiger partial charge in [-0.1, -0.05) is 12.1 Å². The molecule has 0 atom stereocenters. The molecule has 0 spiro atoms. The van der Waals surface area contributed by atoms with Gasteiger partial charge in [0.15, 0.2) is 0 Å². The molecule has 2 heterocycles. The van der Waals surface area contributed by atoms with Gasteiger partial charge in [0.2, 0.25) is 0 Å². The van der Waals surface area contributed by atoms with Crippen molar-refractivity contribution < 1.29 is 9.72 Å². The van der Waals surface area contributed by atoms with Crippen LogP contribution in [0.15, 0.2) is 42.5 Å². The molecule has 0 unspecified atom stereocenters. The summed E-state index contributed by atoms with van der Waals surface area (Å²) in [6.45, 7) is 3.58. The first-order chi connectivity index (χ1) is 14.1. The van der Waals surface area contributed by atoms with E-state index in [0.29, 0.717) is 11.3 Å². The monoisotopic (exact) mass is 394 g/mol. The molecule has 1 amide bonds. The lowest BCUT2D eigenvalue weighted by Crippen LogP contribution is -2.30. The predicted octanol–water partition coefficient (Wildman–Crippen LogP) is 4.44. The number of amides is 1. The van der Waals surface area contributed by atoms with Gasteiger partial charge in [0.25, 0.3) is 11.6 Å². The van der Waals surface area contributed by atoms with Crippen molar-refractivity contribution in [2.45, 2.75) is 32.1 Å². The van der Waals surface area contributed by atoms with Gasteiger partial charge in [-0.25, -0.2) is 0 Å². The van der Waals surface area contributed by atoms with Gasteiger partial charge >= 0.3 is 0 Å². The van der Waals surface area contributed by atoms with Crippen molar-refractivity contribution in [2.75, 3.05) is 41.3 Å². The maximum atomic E-state index is 12.9. The van der Waals surface area contributed by atoms with Crippen molar-refractivity contribution in [1.29, 1.82) is 0 Å². The highest BCUT2D eigenvalue weighted by atomic mass is 16.6. The van der Waals surface area contributed by atoms with Crippen LogP contribution >= 0.6 is 0 Å². The first-order valence-corrected chi connectivity index (χ1v) is 10.3. The third-order valence-corrected chi connectivity index (χ3v) is 5.73. The van der Waals surface area contributed by atoms with Crippen LogP contribution in [0.1, 0.15) is 42.5 Å². The molecule has 2 aliphatic rings. The number of hydrogen-bond acceptors (Lipinski definition) is 5. The van der Waals surface area contributed by atoms with Crippen LogP contribution in [0.2, 0.25) is 0 Å². The first kappa shape index (κ1) is 19.2. The fraction of sp³-hybridized carbons (Fsp3) is 0.409. The molecule has 0 radical (unpaired) electrons. The largest absolute Gasteiger partial charge is 0.370 e. The number of nitrogens with one attached hydrogen (secondary N) is 1. The van der Waals surface area contributed by atoms with Gasteiger partial charge in [-0.15, -0.1) is 0 Å². The molecule has 7 heteroatoms. The van der Waals surface area contributed by atoms with E-state index in [4.69, 9.17) is 0 Å². The van der Waals surface area contributed by atoms with E-state index in [0.717, 1.165) is 63.2 Å². The fourth-order valence-corrected chi connectivity index (χ4v) is 4.22. The molecule has 7 nitrogen and oxygen atoms in total. The van der Waals surface area contributed by atoms with Gasteiger partial charge in [-0.3, -0.25) is 14.9 Å². The topological polar surface area (TPSA) is 78.7 Å². The lowest BCUT2D eigenvalue weighted by atomic mass is 10.1. The summed E-state index contributed by atoms with van der Waals surface area (Å²) < 4.78 is 0. The van der Waals surface area contributed by atoms with E-state index in [1.165, 1.54) is 12.5 Å². The molecule has 4 rings (SSSR count). The SMILES string of the molecule is O=C(Nc1ccccc1N1CCCCC1)c1ccc(N2CCCC2)c([N+](=O)[O-])c1. The second-order valence-corrected chi connectivity index (χ2v) is 7.67. The highest BCUT2D eigenvalue weighted by Crippen LogP contribution is 2.33. The second kappa shape index (κ2) is 8.51. The Labute approximate surface area is 170 Å². The van der Waals surface area contributed by atoms with Crippen molar-refractivity contribution >= 4 is 28.7 Å². The minimum absolute atomic E-state index is 0.0103. The summed E-state index contributed by atoms with van der Waals surface area (Å²) >= 11 is 0. The highest BCUT2D eigenvalue weighted by molar-refractivity contribution is 6.06. The van der Waals surface area contributed by atoms with Crippen LogP contribution in [0.3, 0.4) is 0 Å². The normalized spacial score (nSPS) is 16.7. The zero-order valence-electron chi connectivity index (χ0n) is 16.5. The van der Waals surface area contributed by atoms with Crippen molar-refractivity contribution in [3.05, 3.63) is 58.1 Å². The molecular formula is C22H26N4O3. The number of carbonyl (C=O) groups excluding carboxylic acids is 1. The lowest BCUT2D eigenvalue weighted by molar-refractivity contribution is -0.384. The van der Waals surface area contributed by atoms with Crippen molar-refractivity contribution in [3.63, 3.8) is 0 Å². The number of hydrogen-bond donors (Lipinski definition) is 1. The predicted molar refractivity (Wildman–Crippen MR) is 115 cm³/mol. The number of benzene rings is 2. The molecule has 2 aliphatic heterocycles. The Morgan fingerprint density at radius 3 is 2.17 bits per heavy atom. The van der Waals surface area contributed by atoms with Crippen molar-refractivity contribution in [1.82, 2.24) is 0 Å². The number of carbonyl (C=O) groups is 1. The smallest absolute Gasteiger partial charge is 0.293 e. The highest BCUT2D eigenvalue weighted by Gasteiger charge is 2.24. The van der Waals surface area contributed by atoms with E-state index in [-0.39, 0.29) is 11.6 Å². The van der Waals surface area contributed by atoms with E-state index in [1.807, 2.05) is 29.2 Å². The van der Waals surface area contributed by atoms with Crippen LogP contribution in [-0.2, 0) is 0 Å². The molecule has 152 valence electrons. The van der Waals surface area contributed by atoms with Gasteiger partial charge in [0.1, 0.15) is 5.69 Å². The van der Waals surface area contributed by atoms with Gasteiger partial charge in [0, 0.05) is 37.8 Å². The number of nitro groups is 1. The Hall–Kier alpha value is -3.09. The number of nitrogens with zero attached hydrogens (tertiary/aromatic N) is 3. The Morgan fingerprint density at radius 2 is 1.48 bits per heavy atom. The standard InChI is InChI=1S/C22H26N4O3/c27-22(23-18-8-2-3-9-19(18)24-12-4-1-5-13-24)17-10-11-20(21(16-17)26(28)29)25-14-6-7-15-25/h2-3,8-11,16H,1,4-7,12-15H2,(H,23,27). The third kappa shape index (κ3) is 4.18. The molecule has 0 aliphatic carbocycles. The number of para-hydroxylation sites is 2. The minimum Gasteiger partial charge on any atom is -0.370 e. The van der Waals surface area contributed by atoms with Crippen LogP contribution in [0.4, 0.5) is 22.7 Å². The summed E-state index contributed by atoms with van der Waals surface area (Å²) in [7, 11) is 0. The summed E-state index contributed by atoms with van der Waals surface area (Å²) in [6, 6.07) is 12.5. The van der Waals surface area contributed by atoms with E-state index >= 15 is 0 Å². The van der Waals surface area contributed by atoms with Crippen molar-refractivity contribution in [2.24, 2.45) is 0 Å². The van der Waals surface area contributed by atoms with Crippen LogP contribution in [0.25, 0.3) is 0 Å². The van der Waals surface area contributed by atoms with Gasteiger partial charge in [-0.2, -0.15) is 0 Å². The van der Waals surface area contributed by atoms with E-state index < -0.39 is 4.92 Å². The van der Waals surface area contributed by atoms with Gasteiger partial charge in [-0.05, 0) is 56.4 Å². The maximum Gasteiger partial charge on any atom is 0.293 e. The summed E-state index contributed by atoms with van der Waals surface area (Å²) in [4.78, 5) is 28.4. The summed E-state index contributed by atoms with van der Waals surface area (Å²) in [5.74, 6) is -0.328. The van der Waals surface area contributed by atoms with Crippen LogP contribution in [0, 0.1) is 10.1 Å². The average molecular weight is 394 g/mol. The molecule has 0 aromatic heterocycles. The summed E-state index contributed by atoms with van der Waals surface area (Å²) in [5, 5.41) is 14.6. The molecule has 2 aromatic rings. The van der Waals surface area contributed by atoms with Crippen LogP contribution in [-0.4, -0.2) is 37.0 Å². The Balaban J connectivity index is 1.57. The summed E-state index contributed by atoms with van der Waals surface area (Å²) in [5.41, 5.74) is 2.63.